The molecule has 0 amide bonds. The van der Waals surface area contributed by atoms with E-state index < -0.39 is 4.92 Å². The van der Waals surface area contributed by atoms with Gasteiger partial charge in [0.1, 0.15) is 27.7 Å². The minimum atomic E-state index is -0.506. The van der Waals surface area contributed by atoms with Gasteiger partial charge in [0.15, 0.2) is 0 Å². The van der Waals surface area contributed by atoms with Crippen LogP contribution >= 0.6 is 15.9 Å². The summed E-state index contributed by atoms with van der Waals surface area (Å²) in [5.41, 5.74) is 0.185. The number of ether oxygens (including phenoxy) is 1. The van der Waals surface area contributed by atoms with Crippen LogP contribution in [-0.4, -0.2) is 9.91 Å². The van der Waals surface area contributed by atoms with Gasteiger partial charge in [0, 0.05) is 6.07 Å². The van der Waals surface area contributed by atoms with Crippen LogP contribution in [0.15, 0.2) is 41.0 Å². The van der Waals surface area contributed by atoms with Crippen LogP contribution in [0.25, 0.3) is 0 Å². The minimum absolute atomic E-state index is 0.0842. The lowest BCUT2D eigenvalue weighted by Crippen LogP contribution is -1.93. The van der Waals surface area contributed by atoms with Gasteiger partial charge in [0.05, 0.1) is 11.1 Å². The molecular formula is C12H6BrN3O3. The number of aromatic nitrogens is 1. The standard InChI is InChI=1S/C12H6BrN3O3/c13-12-10(16(17)18)2-1-3-11(12)19-9-5-4-8(6-14)15-7-9/h1-5,7H. The SMILES string of the molecule is N#Cc1ccc(Oc2cccc([N+](=O)[O-])c2Br)cn1. The average Bonchev–Trinajstić information content (AvgIpc) is 2.41. The first-order valence-corrected chi connectivity index (χ1v) is 5.88. The molecular weight excluding hydrogens is 314 g/mol. The normalized spacial score (nSPS) is 9.68. The van der Waals surface area contributed by atoms with Gasteiger partial charge in [-0.15, -0.1) is 0 Å². The number of benzene rings is 1. The summed E-state index contributed by atoms with van der Waals surface area (Å²) in [7, 11) is 0. The summed E-state index contributed by atoms with van der Waals surface area (Å²) < 4.78 is 5.73. The lowest BCUT2D eigenvalue weighted by molar-refractivity contribution is -0.385. The maximum Gasteiger partial charge on any atom is 0.287 e. The summed E-state index contributed by atoms with van der Waals surface area (Å²) in [5, 5.41) is 19.4. The van der Waals surface area contributed by atoms with Gasteiger partial charge in [0.25, 0.3) is 5.69 Å². The Bertz CT molecular complexity index is 665. The Morgan fingerprint density at radius 3 is 2.74 bits per heavy atom. The number of pyridine rings is 1. The third kappa shape index (κ3) is 2.86. The molecule has 0 aliphatic rings. The van der Waals surface area contributed by atoms with Crippen molar-refractivity contribution in [3.05, 3.63) is 56.8 Å². The van der Waals surface area contributed by atoms with Gasteiger partial charge in [-0.1, -0.05) is 6.07 Å². The highest BCUT2D eigenvalue weighted by Gasteiger charge is 2.16. The molecule has 2 aromatic rings. The predicted molar refractivity (Wildman–Crippen MR) is 69.8 cm³/mol. The van der Waals surface area contributed by atoms with E-state index in [1.807, 2.05) is 6.07 Å². The number of nitriles is 1. The fourth-order valence-corrected chi connectivity index (χ4v) is 1.84. The predicted octanol–water partition coefficient (Wildman–Crippen LogP) is 3.42. The summed E-state index contributed by atoms with van der Waals surface area (Å²) in [5.74, 6) is 0.695. The van der Waals surface area contributed by atoms with Crippen molar-refractivity contribution < 1.29 is 9.66 Å². The number of rotatable bonds is 3. The van der Waals surface area contributed by atoms with Gasteiger partial charge in [-0.05, 0) is 34.1 Å². The summed E-state index contributed by atoms with van der Waals surface area (Å²) in [6, 6.07) is 9.44. The number of hydrogen-bond donors (Lipinski definition) is 0. The molecule has 0 spiro atoms. The molecule has 0 atom stereocenters. The Hall–Kier alpha value is -2.46. The highest BCUT2D eigenvalue weighted by molar-refractivity contribution is 9.10. The number of nitro benzene ring substituents is 1. The van der Waals surface area contributed by atoms with Crippen molar-refractivity contribution in [2.75, 3.05) is 0 Å². The molecule has 0 unspecified atom stereocenters. The van der Waals surface area contributed by atoms with Crippen molar-refractivity contribution in [2.24, 2.45) is 0 Å². The van der Waals surface area contributed by atoms with E-state index in [0.717, 1.165) is 0 Å². The van der Waals surface area contributed by atoms with Gasteiger partial charge < -0.3 is 4.74 Å². The summed E-state index contributed by atoms with van der Waals surface area (Å²) in [6.07, 6.45) is 1.38. The molecule has 6 nitrogen and oxygen atoms in total. The van der Waals surface area contributed by atoms with Crippen molar-refractivity contribution in [3.8, 4) is 17.6 Å². The van der Waals surface area contributed by atoms with E-state index in [1.54, 1.807) is 12.1 Å². The van der Waals surface area contributed by atoms with Crippen molar-refractivity contribution in [3.63, 3.8) is 0 Å². The van der Waals surface area contributed by atoms with E-state index >= 15 is 0 Å². The highest BCUT2D eigenvalue weighted by atomic mass is 79.9. The number of nitrogens with zero attached hydrogens (tertiary/aromatic N) is 3. The lowest BCUT2D eigenvalue weighted by Gasteiger charge is -2.07. The molecule has 1 aromatic heterocycles. The van der Waals surface area contributed by atoms with Crippen molar-refractivity contribution in [1.82, 2.24) is 4.98 Å². The van der Waals surface area contributed by atoms with Gasteiger partial charge in [-0.3, -0.25) is 10.1 Å². The zero-order chi connectivity index (χ0) is 13.8. The first-order chi connectivity index (χ1) is 9.11. The fourth-order valence-electron chi connectivity index (χ4n) is 1.35. The Morgan fingerprint density at radius 2 is 2.16 bits per heavy atom. The molecule has 0 saturated heterocycles. The molecule has 1 heterocycles. The lowest BCUT2D eigenvalue weighted by atomic mass is 10.3. The van der Waals surface area contributed by atoms with Crippen molar-refractivity contribution in [2.45, 2.75) is 0 Å². The monoisotopic (exact) mass is 319 g/mol. The first-order valence-electron chi connectivity index (χ1n) is 5.08. The Morgan fingerprint density at radius 1 is 1.37 bits per heavy atom. The van der Waals surface area contributed by atoms with Crippen LogP contribution in [0.1, 0.15) is 5.69 Å². The topological polar surface area (TPSA) is 89.0 Å². The molecule has 0 radical (unpaired) electrons. The van der Waals surface area contributed by atoms with Gasteiger partial charge in [0.2, 0.25) is 0 Å². The third-order valence-electron chi connectivity index (χ3n) is 2.22. The molecule has 0 bridgehead atoms. The summed E-state index contributed by atoms with van der Waals surface area (Å²) in [4.78, 5) is 14.1. The van der Waals surface area contributed by atoms with Crippen LogP contribution in [0.2, 0.25) is 0 Å². The molecule has 0 aliphatic heterocycles. The Kier molecular flexibility index (Phi) is 3.73. The second-order valence-electron chi connectivity index (χ2n) is 3.44. The molecule has 1 aromatic carbocycles. The second-order valence-corrected chi connectivity index (χ2v) is 4.23. The molecule has 2 rings (SSSR count). The smallest absolute Gasteiger partial charge is 0.287 e. The maximum absolute atomic E-state index is 10.8. The van der Waals surface area contributed by atoms with Crippen LogP contribution < -0.4 is 4.74 Å². The molecule has 7 heteroatoms. The van der Waals surface area contributed by atoms with Crippen LogP contribution in [0, 0.1) is 21.4 Å². The van der Waals surface area contributed by atoms with Crippen LogP contribution in [-0.2, 0) is 0 Å². The summed E-state index contributed by atoms with van der Waals surface area (Å²) in [6.45, 7) is 0. The molecule has 0 aliphatic carbocycles. The van der Waals surface area contributed by atoms with E-state index in [-0.39, 0.29) is 15.9 Å². The number of nitro groups is 1. The van der Waals surface area contributed by atoms with Crippen LogP contribution in [0.5, 0.6) is 11.5 Å². The van der Waals surface area contributed by atoms with E-state index in [1.165, 1.54) is 24.4 Å². The average molecular weight is 320 g/mol. The van der Waals surface area contributed by atoms with Crippen molar-refractivity contribution in [1.29, 1.82) is 5.26 Å². The highest BCUT2D eigenvalue weighted by Crippen LogP contribution is 2.36. The number of halogens is 1. The van der Waals surface area contributed by atoms with Gasteiger partial charge in [-0.2, -0.15) is 5.26 Å². The largest absolute Gasteiger partial charge is 0.454 e. The van der Waals surface area contributed by atoms with Gasteiger partial charge >= 0.3 is 0 Å². The Labute approximate surface area is 116 Å². The maximum atomic E-state index is 10.8. The first kappa shape index (κ1) is 13.0. The molecule has 0 fully saturated rings. The molecule has 0 saturated carbocycles. The van der Waals surface area contributed by atoms with Crippen molar-refractivity contribution >= 4 is 21.6 Å². The van der Waals surface area contributed by atoms with Crippen LogP contribution in [0.3, 0.4) is 0 Å². The zero-order valence-electron chi connectivity index (χ0n) is 9.41. The van der Waals surface area contributed by atoms with E-state index in [2.05, 4.69) is 20.9 Å². The molecule has 19 heavy (non-hydrogen) atoms. The zero-order valence-corrected chi connectivity index (χ0v) is 11.0. The third-order valence-corrected chi connectivity index (χ3v) is 3.02. The van der Waals surface area contributed by atoms with Crippen LogP contribution in [0.4, 0.5) is 5.69 Å². The van der Waals surface area contributed by atoms with Gasteiger partial charge in [-0.25, -0.2) is 4.98 Å². The molecule has 94 valence electrons. The second kappa shape index (κ2) is 5.46. The minimum Gasteiger partial charge on any atom is -0.454 e. The van der Waals surface area contributed by atoms with E-state index in [9.17, 15) is 10.1 Å². The quantitative estimate of drug-likeness (QED) is 0.638. The Balaban J connectivity index is 2.30. The van der Waals surface area contributed by atoms with E-state index in [4.69, 9.17) is 10.00 Å². The molecule has 0 N–H and O–H groups in total. The fraction of sp³-hybridized carbons (Fsp3) is 0. The van der Waals surface area contributed by atoms with E-state index in [0.29, 0.717) is 11.5 Å². The summed E-state index contributed by atoms with van der Waals surface area (Å²) >= 11 is 3.13. The number of hydrogen-bond acceptors (Lipinski definition) is 5.